The summed E-state index contributed by atoms with van der Waals surface area (Å²) in [7, 11) is 1.27. The van der Waals surface area contributed by atoms with Crippen molar-refractivity contribution in [2.24, 2.45) is 0 Å². The molecule has 2 rings (SSSR count). The van der Waals surface area contributed by atoms with Crippen LogP contribution >= 0.6 is 34.8 Å². The molecular formula is C14H10Cl3NO3. The van der Waals surface area contributed by atoms with Crippen LogP contribution in [0.2, 0.25) is 15.1 Å². The first-order chi connectivity index (χ1) is 9.93. The fourth-order valence-electron chi connectivity index (χ4n) is 1.62. The van der Waals surface area contributed by atoms with Crippen LogP contribution in [0, 0.1) is 0 Å². The number of benzene rings is 2. The summed E-state index contributed by atoms with van der Waals surface area (Å²) in [6.07, 6.45) is 0. The van der Waals surface area contributed by atoms with Gasteiger partial charge < -0.3 is 15.2 Å². The Morgan fingerprint density at radius 3 is 2.38 bits per heavy atom. The third-order valence-corrected chi connectivity index (χ3v) is 3.68. The zero-order valence-corrected chi connectivity index (χ0v) is 13.1. The first-order valence-electron chi connectivity index (χ1n) is 5.73. The van der Waals surface area contributed by atoms with Crippen molar-refractivity contribution >= 4 is 46.5 Å². The lowest BCUT2D eigenvalue weighted by atomic mass is 10.1. The van der Waals surface area contributed by atoms with E-state index in [-0.39, 0.29) is 27.8 Å². The number of hydrogen-bond acceptors (Lipinski definition) is 4. The third-order valence-electron chi connectivity index (χ3n) is 2.67. The van der Waals surface area contributed by atoms with Gasteiger partial charge >= 0.3 is 5.97 Å². The van der Waals surface area contributed by atoms with Gasteiger partial charge in [-0.15, -0.1) is 0 Å². The van der Waals surface area contributed by atoms with Crippen LogP contribution in [-0.4, -0.2) is 13.1 Å². The van der Waals surface area contributed by atoms with Gasteiger partial charge in [0.1, 0.15) is 5.75 Å². The predicted octanol–water partition coefficient (Wildman–Crippen LogP) is 4.81. The van der Waals surface area contributed by atoms with Crippen molar-refractivity contribution in [2.75, 3.05) is 12.8 Å². The minimum Gasteiger partial charge on any atom is -0.465 e. The van der Waals surface area contributed by atoms with Crippen molar-refractivity contribution in [2.45, 2.75) is 0 Å². The Kier molecular flexibility index (Phi) is 4.83. The Bertz CT molecular complexity index is 704. The molecule has 0 atom stereocenters. The standard InChI is InChI=1S/C14H10Cl3NO3/c1-20-14(19)7-3-2-4-11(13(7)18)21-12-6-9(16)8(15)5-10(12)17/h2-6H,18H2,1H3. The fourth-order valence-corrected chi connectivity index (χ4v) is 2.20. The van der Waals surface area contributed by atoms with Crippen molar-refractivity contribution < 1.29 is 14.3 Å². The lowest BCUT2D eigenvalue weighted by Crippen LogP contribution is -2.06. The van der Waals surface area contributed by atoms with E-state index in [9.17, 15) is 4.79 Å². The van der Waals surface area contributed by atoms with Gasteiger partial charge in [0.25, 0.3) is 0 Å². The maximum Gasteiger partial charge on any atom is 0.340 e. The van der Waals surface area contributed by atoms with Gasteiger partial charge in [-0.3, -0.25) is 0 Å². The van der Waals surface area contributed by atoms with Crippen LogP contribution in [0.3, 0.4) is 0 Å². The summed E-state index contributed by atoms with van der Waals surface area (Å²) >= 11 is 17.8. The van der Waals surface area contributed by atoms with Crippen LogP contribution in [0.4, 0.5) is 5.69 Å². The number of rotatable bonds is 3. The molecule has 0 unspecified atom stereocenters. The average molecular weight is 347 g/mol. The van der Waals surface area contributed by atoms with Gasteiger partial charge in [0.2, 0.25) is 0 Å². The Balaban J connectivity index is 2.41. The number of carbonyl (C=O) groups is 1. The van der Waals surface area contributed by atoms with Crippen molar-refractivity contribution in [1.29, 1.82) is 0 Å². The number of halogens is 3. The van der Waals surface area contributed by atoms with E-state index < -0.39 is 5.97 Å². The molecule has 2 N–H and O–H groups in total. The molecule has 4 nitrogen and oxygen atoms in total. The fraction of sp³-hybridized carbons (Fsp3) is 0.0714. The Morgan fingerprint density at radius 2 is 1.71 bits per heavy atom. The number of esters is 1. The molecule has 7 heteroatoms. The average Bonchev–Trinajstić information content (AvgIpc) is 2.46. The molecular weight excluding hydrogens is 337 g/mol. The molecule has 0 radical (unpaired) electrons. The number of nitrogens with two attached hydrogens (primary N) is 1. The Morgan fingerprint density at radius 1 is 1.05 bits per heavy atom. The molecule has 21 heavy (non-hydrogen) atoms. The number of nitrogen functional groups attached to an aromatic ring is 1. The van der Waals surface area contributed by atoms with Gasteiger partial charge in [-0.1, -0.05) is 40.9 Å². The largest absolute Gasteiger partial charge is 0.465 e. The Hall–Kier alpha value is -1.62. The molecule has 0 aliphatic rings. The molecule has 0 saturated carbocycles. The smallest absolute Gasteiger partial charge is 0.340 e. The van der Waals surface area contributed by atoms with Crippen molar-refractivity contribution in [3.8, 4) is 11.5 Å². The number of anilines is 1. The molecule has 0 aliphatic carbocycles. The molecule has 0 saturated heterocycles. The molecule has 0 spiro atoms. The second-order valence-corrected chi connectivity index (χ2v) is 5.23. The van der Waals surface area contributed by atoms with Crippen LogP contribution in [-0.2, 0) is 4.74 Å². The maximum absolute atomic E-state index is 11.6. The van der Waals surface area contributed by atoms with Crippen LogP contribution in [0.25, 0.3) is 0 Å². The van der Waals surface area contributed by atoms with Gasteiger partial charge in [0.15, 0.2) is 5.75 Å². The van der Waals surface area contributed by atoms with Crippen LogP contribution in [0.15, 0.2) is 30.3 Å². The molecule has 2 aromatic carbocycles. The van der Waals surface area contributed by atoms with Gasteiger partial charge in [0.05, 0.1) is 33.4 Å². The molecule has 0 aromatic heterocycles. The first-order valence-corrected chi connectivity index (χ1v) is 6.86. The summed E-state index contributed by atoms with van der Waals surface area (Å²) in [6, 6.07) is 7.67. The number of hydrogen-bond donors (Lipinski definition) is 1. The van der Waals surface area contributed by atoms with E-state index in [1.54, 1.807) is 12.1 Å². The van der Waals surface area contributed by atoms with Crippen LogP contribution in [0.1, 0.15) is 10.4 Å². The Labute approximate surface area is 136 Å². The van der Waals surface area contributed by atoms with E-state index >= 15 is 0 Å². The van der Waals surface area contributed by atoms with Gasteiger partial charge in [-0.05, 0) is 18.2 Å². The predicted molar refractivity (Wildman–Crippen MR) is 83.7 cm³/mol. The summed E-state index contributed by atoms with van der Waals surface area (Å²) in [4.78, 5) is 11.6. The molecule has 0 fully saturated rings. The highest BCUT2D eigenvalue weighted by Crippen LogP contribution is 2.38. The highest BCUT2D eigenvalue weighted by Gasteiger charge is 2.15. The second kappa shape index (κ2) is 6.43. The number of methoxy groups -OCH3 is 1. The third kappa shape index (κ3) is 3.35. The monoisotopic (exact) mass is 345 g/mol. The summed E-state index contributed by atoms with van der Waals surface area (Å²) in [6.45, 7) is 0. The van der Waals surface area contributed by atoms with Crippen molar-refractivity contribution in [3.05, 3.63) is 51.0 Å². The second-order valence-electron chi connectivity index (χ2n) is 4.01. The zero-order chi connectivity index (χ0) is 15.6. The summed E-state index contributed by atoms with van der Waals surface area (Å²) < 4.78 is 10.2. The maximum atomic E-state index is 11.6. The topological polar surface area (TPSA) is 61.5 Å². The summed E-state index contributed by atoms with van der Waals surface area (Å²) in [5.74, 6) is -0.0174. The first kappa shape index (κ1) is 15.8. The lowest BCUT2D eigenvalue weighted by Gasteiger charge is -2.12. The van der Waals surface area contributed by atoms with Crippen LogP contribution < -0.4 is 10.5 Å². The molecule has 110 valence electrons. The molecule has 0 amide bonds. The molecule has 0 bridgehead atoms. The van der Waals surface area contributed by atoms with E-state index in [2.05, 4.69) is 4.74 Å². The SMILES string of the molecule is COC(=O)c1cccc(Oc2cc(Cl)c(Cl)cc2Cl)c1N. The molecule has 2 aromatic rings. The van der Waals surface area contributed by atoms with E-state index in [1.807, 2.05) is 0 Å². The zero-order valence-electron chi connectivity index (χ0n) is 10.8. The number of carbonyl (C=O) groups excluding carboxylic acids is 1. The van der Waals surface area contributed by atoms with Crippen molar-refractivity contribution in [3.63, 3.8) is 0 Å². The highest BCUT2D eigenvalue weighted by atomic mass is 35.5. The summed E-state index contributed by atoms with van der Waals surface area (Å²) in [5.41, 5.74) is 6.24. The molecule has 0 heterocycles. The quantitative estimate of drug-likeness (QED) is 0.492. The lowest BCUT2D eigenvalue weighted by molar-refractivity contribution is 0.0601. The normalized spacial score (nSPS) is 10.3. The highest BCUT2D eigenvalue weighted by molar-refractivity contribution is 6.43. The van der Waals surface area contributed by atoms with Gasteiger partial charge in [-0.25, -0.2) is 4.79 Å². The van der Waals surface area contributed by atoms with E-state index in [1.165, 1.54) is 25.3 Å². The van der Waals surface area contributed by atoms with Crippen LogP contribution in [0.5, 0.6) is 11.5 Å². The van der Waals surface area contributed by atoms with E-state index in [4.69, 9.17) is 45.3 Å². The minimum absolute atomic E-state index is 0.145. The number of ether oxygens (including phenoxy) is 2. The summed E-state index contributed by atoms with van der Waals surface area (Å²) in [5, 5.41) is 0.872. The minimum atomic E-state index is -0.557. The van der Waals surface area contributed by atoms with E-state index in [0.717, 1.165) is 0 Å². The van der Waals surface area contributed by atoms with Gasteiger partial charge in [0, 0.05) is 6.07 Å². The van der Waals surface area contributed by atoms with E-state index in [0.29, 0.717) is 10.0 Å². The van der Waals surface area contributed by atoms with Crippen molar-refractivity contribution in [1.82, 2.24) is 0 Å². The van der Waals surface area contributed by atoms with Gasteiger partial charge in [-0.2, -0.15) is 0 Å². The number of para-hydroxylation sites is 1. The molecule has 0 aliphatic heterocycles.